The maximum Gasteiger partial charge on any atom is 0.337 e. The van der Waals surface area contributed by atoms with E-state index in [1.54, 1.807) is 44.2 Å². The van der Waals surface area contributed by atoms with Crippen molar-refractivity contribution in [1.29, 1.82) is 0 Å². The molecule has 0 aliphatic carbocycles. The number of benzene rings is 3. The van der Waals surface area contributed by atoms with Crippen molar-refractivity contribution in [2.24, 2.45) is 0 Å². The lowest BCUT2D eigenvalue weighted by Gasteiger charge is -2.33. The number of carbonyl (C=O) groups is 2. The third-order valence-electron chi connectivity index (χ3n) is 8.93. The molecule has 2 aliphatic heterocycles. The summed E-state index contributed by atoms with van der Waals surface area (Å²) in [5.74, 6) is -3.03. The third-order valence-corrected chi connectivity index (χ3v) is 8.93. The summed E-state index contributed by atoms with van der Waals surface area (Å²) in [7, 11) is 1.24. The van der Waals surface area contributed by atoms with Crippen LogP contribution >= 0.6 is 0 Å². The number of likely N-dealkylation sites (tertiary alicyclic amines) is 1. The standard InChI is InChI=1S/C36H37F2N3O6/c1-22-31(34(42)46-4)33(26-6-5-7-29(20-26)41(44)45)32(23(2)39-22)35(43)47-36(3)17-19-40(21-36)18-16-30(24-8-12-27(37)13-9-24)25-10-14-28(38)15-11-25/h5-15,20,30,33,39H,16-19,21H2,1-4H3/t33-,36+/m0/s1. The van der Waals surface area contributed by atoms with Crippen LogP contribution in [-0.4, -0.2) is 54.1 Å². The number of carbonyl (C=O) groups excluding carboxylic acids is 2. The number of methoxy groups -OCH3 is 1. The van der Waals surface area contributed by atoms with Gasteiger partial charge in [-0.05, 0) is 74.7 Å². The SMILES string of the molecule is COC(=O)C1=C(C)NC(C)=C(C(=O)O[C@]2(C)CCN(CCC(c3ccc(F)cc3)c3ccc(F)cc3)C2)[C@H]1c1cccc([N+](=O)[O-])c1. The van der Waals surface area contributed by atoms with Gasteiger partial charge in [0.15, 0.2) is 0 Å². The van der Waals surface area contributed by atoms with Crippen LogP contribution in [0.1, 0.15) is 62.1 Å². The molecule has 2 heterocycles. The van der Waals surface area contributed by atoms with E-state index in [2.05, 4.69) is 10.2 Å². The highest BCUT2D eigenvalue weighted by Crippen LogP contribution is 2.41. The number of nitro groups is 1. The second-order valence-electron chi connectivity index (χ2n) is 12.3. The van der Waals surface area contributed by atoms with Crippen LogP contribution in [0.4, 0.5) is 14.5 Å². The lowest BCUT2D eigenvalue weighted by molar-refractivity contribution is -0.384. The average Bonchev–Trinajstić information content (AvgIpc) is 3.41. The molecular weight excluding hydrogens is 608 g/mol. The van der Waals surface area contributed by atoms with Crippen LogP contribution in [0.2, 0.25) is 0 Å². The molecule has 5 rings (SSSR count). The summed E-state index contributed by atoms with van der Waals surface area (Å²) in [4.78, 5) is 40.3. The number of nitrogens with one attached hydrogen (secondary N) is 1. The van der Waals surface area contributed by atoms with E-state index in [1.807, 2.05) is 6.92 Å². The molecule has 0 bridgehead atoms. The van der Waals surface area contributed by atoms with E-state index in [0.29, 0.717) is 49.4 Å². The number of nitro benzene ring substituents is 1. The molecule has 47 heavy (non-hydrogen) atoms. The summed E-state index contributed by atoms with van der Waals surface area (Å²) in [5.41, 5.74) is 2.45. The zero-order valence-electron chi connectivity index (χ0n) is 26.7. The molecule has 1 N–H and O–H groups in total. The quantitative estimate of drug-likeness (QED) is 0.151. The monoisotopic (exact) mass is 645 g/mol. The van der Waals surface area contributed by atoms with Crippen molar-refractivity contribution in [2.75, 3.05) is 26.7 Å². The number of dihydropyridines is 1. The number of non-ortho nitro benzene ring substituents is 1. The molecule has 2 aliphatic rings. The van der Waals surface area contributed by atoms with Gasteiger partial charge in [0, 0.05) is 49.0 Å². The normalized spacial score (nSPS) is 19.9. The number of allylic oxidation sites excluding steroid dienone is 2. The van der Waals surface area contributed by atoms with Crippen molar-refractivity contribution in [3.05, 3.63) is 134 Å². The number of hydrogen-bond acceptors (Lipinski definition) is 8. The molecule has 2 atom stereocenters. The Morgan fingerprint density at radius 3 is 2.11 bits per heavy atom. The van der Waals surface area contributed by atoms with Gasteiger partial charge in [-0.2, -0.15) is 0 Å². The number of ether oxygens (including phenoxy) is 2. The second kappa shape index (κ2) is 13.8. The van der Waals surface area contributed by atoms with Gasteiger partial charge in [-0.25, -0.2) is 18.4 Å². The molecule has 0 aromatic heterocycles. The van der Waals surface area contributed by atoms with E-state index in [0.717, 1.165) is 11.1 Å². The first-order valence-electron chi connectivity index (χ1n) is 15.4. The van der Waals surface area contributed by atoms with E-state index >= 15 is 0 Å². The molecular formula is C36H37F2N3O6. The smallest absolute Gasteiger partial charge is 0.337 e. The molecule has 0 saturated carbocycles. The Balaban J connectivity index is 1.35. The van der Waals surface area contributed by atoms with Crippen LogP contribution in [0, 0.1) is 21.7 Å². The first kappa shape index (κ1) is 33.5. The van der Waals surface area contributed by atoms with Crippen LogP contribution in [0.5, 0.6) is 0 Å². The molecule has 3 aromatic carbocycles. The lowest BCUT2D eigenvalue weighted by atomic mass is 9.80. The minimum Gasteiger partial charge on any atom is -0.466 e. The predicted octanol–water partition coefficient (Wildman–Crippen LogP) is 6.51. The lowest BCUT2D eigenvalue weighted by Crippen LogP contribution is -2.39. The number of rotatable bonds is 10. The summed E-state index contributed by atoms with van der Waals surface area (Å²) in [6.07, 6.45) is 1.22. The second-order valence-corrected chi connectivity index (χ2v) is 12.3. The summed E-state index contributed by atoms with van der Waals surface area (Å²) >= 11 is 0. The van der Waals surface area contributed by atoms with Gasteiger partial charge < -0.3 is 14.8 Å². The summed E-state index contributed by atoms with van der Waals surface area (Å²) in [6.45, 7) is 6.98. The minimum atomic E-state index is -0.954. The summed E-state index contributed by atoms with van der Waals surface area (Å²) < 4.78 is 38.6. The Bertz CT molecular complexity index is 1690. The molecule has 11 heteroatoms. The van der Waals surface area contributed by atoms with Crippen molar-refractivity contribution in [3.63, 3.8) is 0 Å². The Kier molecular flexibility index (Phi) is 9.85. The van der Waals surface area contributed by atoms with Gasteiger partial charge in [0.25, 0.3) is 5.69 Å². The molecule has 0 amide bonds. The fraction of sp³-hybridized carbons (Fsp3) is 0.333. The minimum absolute atomic E-state index is 0.103. The van der Waals surface area contributed by atoms with Gasteiger partial charge >= 0.3 is 11.9 Å². The van der Waals surface area contributed by atoms with Crippen LogP contribution < -0.4 is 5.32 Å². The predicted molar refractivity (Wildman–Crippen MR) is 171 cm³/mol. The van der Waals surface area contributed by atoms with Gasteiger partial charge in [0.05, 0.1) is 29.1 Å². The third kappa shape index (κ3) is 7.41. The highest BCUT2D eigenvalue weighted by atomic mass is 19.1. The van der Waals surface area contributed by atoms with E-state index in [9.17, 15) is 28.5 Å². The van der Waals surface area contributed by atoms with Crippen molar-refractivity contribution in [3.8, 4) is 0 Å². The zero-order chi connectivity index (χ0) is 33.9. The van der Waals surface area contributed by atoms with E-state index < -0.39 is 28.4 Å². The maximum absolute atomic E-state index is 14.0. The molecule has 0 unspecified atom stereocenters. The highest BCUT2D eigenvalue weighted by Gasteiger charge is 2.43. The topological polar surface area (TPSA) is 111 Å². The summed E-state index contributed by atoms with van der Waals surface area (Å²) in [6, 6.07) is 18.5. The fourth-order valence-electron chi connectivity index (χ4n) is 6.60. The van der Waals surface area contributed by atoms with Gasteiger partial charge in [-0.1, -0.05) is 36.4 Å². The zero-order valence-corrected chi connectivity index (χ0v) is 26.7. The van der Waals surface area contributed by atoms with Crippen molar-refractivity contribution >= 4 is 17.6 Å². The van der Waals surface area contributed by atoms with Crippen LogP contribution in [-0.2, 0) is 19.1 Å². The van der Waals surface area contributed by atoms with Gasteiger partial charge in [0.2, 0.25) is 0 Å². The van der Waals surface area contributed by atoms with Crippen molar-refractivity contribution in [1.82, 2.24) is 10.2 Å². The number of nitrogens with zero attached hydrogens (tertiary/aromatic N) is 2. The van der Waals surface area contributed by atoms with Gasteiger partial charge in [-0.3, -0.25) is 15.0 Å². The van der Waals surface area contributed by atoms with E-state index in [4.69, 9.17) is 9.47 Å². The first-order chi connectivity index (χ1) is 22.4. The summed E-state index contributed by atoms with van der Waals surface area (Å²) in [5, 5.41) is 14.7. The van der Waals surface area contributed by atoms with Crippen LogP contribution in [0.15, 0.2) is 95.3 Å². The molecule has 1 fully saturated rings. The molecule has 246 valence electrons. The van der Waals surface area contributed by atoms with Crippen LogP contribution in [0.25, 0.3) is 0 Å². The number of hydrogen-bond donors (Lipinski definition) is 1. The first-order valence-corrected chi connectivity index (χ1v) is 15.4. The largest absolute Gasteiger partial charge is 0.466 e. The molecule has 0 spiro atoms. The Morgan fingerprint density at radius 1 is 0.979 bits per heavy atom. The maximum atomic E-state index is 14.0. The molecule has 0 radical (unpaired) electrons. The Labute approximate surface area is 272 Å². The Hall–Kier alpha value is -4.90. The molecule has 1 saturated heterocycles. The Morgan fingerprint density at radius 2 is 1.55 bits per heavy atom. The van der Waals surface area contributed by atoms with Gasteiger partial charge in [-0.15, -0.1) is 0 Å². The van der Waals surface area contributed by atoms with Crippen molar-refractivity contribution in [2.45, 2.75) is 51.0 Å². The van der Waals surface area contributed by atoms with Crippen LogP contribution in [0.3, 0.4) is 0 Å². The fourth-order valence-corrected chi connectivity index (χ4v) is 6.60. The van der Waals surface area contributed by atoms with E-state index in [-0.39, 0.29) is 34.4 Å². The van der Waals surface area contributed by atoms with Crippen molar-refractivity contribution < 1.29 is 32.8 Å². The van der Waals surface area contributed by atoms with Gasteiger partial charge in [0.1, 0.15) is 17.2 Å². The highest BCUT2D eigenvalue weighted by molar-refractivity contribution is 6.00. The molecule has 3 aromatic rings. The number of halogens is 2. The van der Waals surface area contributed by atoms with E-state index in [1.165, 1.54) is 49.6 Å². The number of esters is 2. The average molecular weight is 646 g/mol. The molecule has 9 nitrogen and oxygen atoms in total.